The summed E-state index contributed by atoms with van der Waals surface area (Å²) < 4.78 is 11.3. The molecule has 150 valence electrons. The number of nitrogens with one attached hydrogen (secondary N) is 2. The highest BCUT2D eigenvalue weighted by Gasteiger charge is 2.07. The fourth-order valence-corrected chi connectivity index (χ4v) is 2.54. The summed E-state index contributed by atoms with van der Waals surface area (Å²) in [7, 11) is 0. The van der Waals surface area contributed by atoms with Gasteiger partial charge in [0.2, 0.25) is 5.95 Å². The fourth-order valence-electron chi connectivity index (χ4n) is 2.54. The normalized spacial score (nSPS) is 10.8. The molecule has 29 heavy (non-hydrogen) atoms. The second-order valence-corrected chi connectivity index (χ2v) is 6.08. The van der Waals surface area contributed by atoms with E-state index in [1.54, 1.807) is 18.3 Å². The molecule has 1 heterocycles. The number of benzene rings is 2. The molecule has 0 atom stereocenters. The van der Waals surface area contributed by atoms with Gasteiger partial charge in [0.25, 0.3) is 5.56 Å². The molecule has 0 aliphatic rings. The summed E-state index contributed by atoms with van der Waals surface area (Å²) >= 11 is 0. The zero-order chi connectivity index (χ0) is 20.5. The molecule has 0 radical (unpaired) electrons. The minimum absolute atomic E-state index is 0.152. The molecule has 0 unspecified atom stereocenters. The van der Waals surface area contributed by atoms with Crippen LogP contribution in [0.2, 0.25) is 0 Å². The van der Waals surface area contributed by atoms with Gasteiger partial charge in [0.1, 0.15) is 0 Å². The summed E-state index contributed by atoms with van der Waals surface area (Å²) in [6, 6.07) is 14.7. The molecule has 3 aromatic rings. The van der Waals surface area contributed by atoms with Crippen LogP contribution in [0.4, 0.5) is 5.95 Å². The van der Waals surface area contributed by atoms with Gasteiger partial charge < -0.3 is 9.47 Å². The maximum atomic E-state index is 12.2. The Morgan fingerprint density at radius 2 is 1.90 bits per heavy atom. The average molecular weight is 393 g/mol. The van der Waals surface area contributed by atoms with Crippen molar-refractivity contribution >= 4 is 12.2 Å². The number of hydrogen-bond donors (Lipinski definition) is 2. The lowest BCUT2D eigenvalue weighted by molar-refractivity contribution is 0.277. The van der Waals surface area contributed by atoms with E-state index in [2.05, 4.69) is 25.7 Å². The van der Waals surface area contributed by atoms with Gasteiger partial charge in [-0.2, -0.15) is 5.10 Å². The molecule has 0 saturated carbocycles. The van der Waals surface area contributed by atoms with Crippen molar-refractivity contribution in [3.8, 4) is 22.8 Å². The van der Waals surface area contributed by atoms with Gasteiger partial charge in [0, 0.05) is 5.56 Å². The molecule has 0 aliphatic heterocycles. The van der Waals surface area contributed by atoms with Crippen molar-refractivity contribution in [1.82, 2.24) is 15.2 Å². The summed E-state index contributed by atoms with van der Waals surface area (Å²) in [6.07, 6.45) is 2.51. The van der Waals surface area contributed by atoms with E-state index in [0.29, 0.717) is 30.3 Å². The van der Waals surface area contributed by atoms with E-state index in [9.17, 15) is 4.79 Å². The second kappa shape index (κ2) is 10.0. The van der Waals surface area contributed by atoms with Crippen molar-refractivity contribution in [3.05, 3.63) is 64.4 Å². The first-order valence-corrected chi connectivity index (χ1v) is 9.42. The Kier molecular flexibility index (Phi) is 6.94. The molecular formula is C21H23N5O3. The third-order valence-electron chi connectivity index (χ3n) is 3.86. The zero-order valence-corrected chi connectivity index (χ0v) is 16.4. The van der Waals surface area contributed by atoms with Crippen molar-refractivity contribution in [3.63, 3.8) is 0 Å². The minimum atomic E-state index is -0.347. The van der Waals surface area contributed by atoms with E-state index >= 15 is 0 Å². The van der Waals surface area contributed by atoms with Crippen LogP contribution in [0, 0.1) is 0 Å². The Labute approximate surface area is 168 Å². The maximum Gasteiger partial charge on any atom is 0.279 e. The van der Waals surface area contributed by atoms with Crippen LogP contribution in [-0.2, 0) is 0 Å². The number of hydrazone groups is 1. The van der Waals surface area contributed by atoms with Gasteiger partial charge in [-0.15, -0.1) is 10.2 Å². The van der Waals surface area contributed by atoms with Crippen LogP contribution in [0.15, 0.2) is 58.4 Å². The minimum Gasteiger partial charge on any atom is -0.490 e. The molecule has 0 spiro atoms. The standard InChI is InChI=1S/C21H23N5O3/c1-3-12-29-17-11-10-15(13-18(17)28-4-2)14-22-25-21-23-20(27)19(24-26-21)16-8-6-5-7-9-16/h5-11,13-14H,3-4,12H2,1-2H3,(H2,23,25,26,27)/b22-14+. The third-order valence-corrected chi connectivity index (χ3v) is 3.86. The zero-order valence-electron chi connectivity index (χ0n) is 16.4. The number of aromatic nitrogens is 3. The molecule has 0 bridgehead atoms. The molecule has 3 rings (SSSR count). The first-order chi connectivity index (χ1) is 14.2. The molecule has 8 nitrogen and oxygen atoms in total. The summed E-state index contributed by atoms with van der Waals surface area (Å²) in [6.45, 7) is 5.12. The van der Waals surface area contributed by atoms with Gasteiger partial charge in [-0.25, -0.2) is 5.43 Å². The number of nitrogens with zero attached hydrogens (tertiary/aromatic N) is 3. The summed E-state index contributed by atoms with van der Waals surface area (Å²) in [5.41, 5.74) is 4.09. The van der Waals surface area contributed by atoms with E-state index in [-0.39, 0.29) is 17.2 Å². The van der Waals surface area contributed by atoms with Crippen LogP contribution >= 0.6 is 0 Å². The summed E-state index contributed by atoms with van der Waals surface area (Å²) in [5, 5.41) is 12.1. The summed E-state index contributed by atoms with van der Waals surface area (Å²) in [5.74, 6) is 1.51. The van der Waals surface area contributed by atoms with Crippen LogP contribution in [0.5, 0.6) is 11.5 Å². The van der Waals surface area contributed by atoms with Crippen LogP contribution in [0.25, 0.3) is 11.3 Å². The number of ether oxygens (including phenoxy) is 2. The number of hydrogen-bond acceptors (Lipinski definition) is 7. The second-order valence-electron chi connectivity index (χ2n) is 6.08. The number of H-pyrrole nitrogens is 1. The lowest BCUT2D eigenvalue weighted by Gasteiger charge is -2.11. The Hall–Kier alpha value is -3.68. The first kappa shape index (κ1) is 20.1. The largest absolute Gasteiger partial charge is 0.490 e. The molecule has 2 aromatic carbocycles. The average Bonchev–Trinajstić information content (AvgIpc) is 2.74. The Morgan fingerprint density at radius 3 is 2.62 bits per heavy atom. The van der Waals surface area contributed by atoms with Crippen molar-refractivity contribution in [2.24, 2.45) is 5.10 Å². The fraction of sp³-hybridized carbons (Fsp3) is 0.238. The lowest BCUT2D eigenvalue weighted by Crippen LogP contribution is -2.15. The molecule has 0 aliphatic carbocycles. The monoisotopic (exact) mass is 393 g/mol. The predicted octanol–water partition coefficient (Wildman–Crippen LogP) is 3.47. The van der Waals surface area contributed by atoms with Crippen LogP contribution in [-0.4, -0.2) is 34.6 Å². The van der Waals surface area contributed by atoms with Crippen LogP contribution in [0.1, 0.15) is 25.8 Å². The predicted molar refractivity (Wildman–Crippen MR) is 113 cm³/mol. The van der Waals surface area contributed by atoms with Gasteiger partial charge in [-0.05, 0) is 37.1 Å². The van der Waals surface area contributed by atoms with Gasteiger partial charge in [0.15, 0.2) is 17.2 Å². The molecular weight excluding hydrogens is 370 g/mol. The molecule has 0 fully saturated rings. The SMILES string of the molecule is CCCOc1ccc(/C=N/Nc2nnc(-c3ccccc3)c(=O)[nH]2)cc1OCC. The Morgan fingerprint density at radius 1 is 1.07 bits per heavy atom. The molecule has 8 heteroatoms. The summed E-state index contributed by atoms with van der Waals surface area (Å²) in [4.78, 5) is 14.9. The smallest absolute Gasteiger partial charge is 0.279 e. The van der Waals surface area contributed by atoms with Gasteiger partial charge in [-0.1, -0.05) is 37.3 Å². The third kappa shape index (κ3) is 5.41. The highest BCUT2D eigenvalue weighted by atomic mass is 16.5. The van der Waals surface area contributed by atoms with E-state index in [1.165, 1.54) is 0 Å². The highest BCUT2D eigenvalue weighted by Crippen LogP contribution is 2.28. The van der Waals surface area contributed by atoms with E-state index in [1.807, 2.05) is 50.2 Å². The Bertz CT molecular complexity index is 1020. The van der Waals surface area contributed by atoms with Gasteiger partial charge in [-0.3, -0.25) is 9.78 Å². The lowest BCUT2D eigenvalue weighted by atomic mass is 10.2. The van der Waals surface area contributed by atoms with Gasteiger partial charge in [0.05, 0.1) is 19.4 Å². The number of aromatic amines is 1. The first-order valence-electron chi connectivity index (χ1n) is 9.42. The van der Waals surface area contributed by atoms with E-state index in [0.717, 1.165) is 12.0 Å². The van der Waals surface area contributed by atoms with Crippen molar-refractivity contribution in [2.45, 2.75) is 20.3 Å². The molecule has 0 amide bonds. The molecule has 2 N–H and O–H groups in total. The van der Waals surface area contributed by atoms with E-state index < -0.39 is 0 Å². The Balaban J connectivity index is 1.70. The maximum absolute atomic E-state index is 12.2. The number of rotatable bonds is 9. The number of anilines is 1. The molecule has 0 saturated heterocycles. The topological polar surface area (TPSA) is 101 Å². The van der Waals surface area contributed by atoms with Crippen molar-refractivity contribution in [2.75, 3.05) is 18.6 Å². The van der Waals surface area contributed by atoms with E-state index in [4.69, 9.17) is 9.47 Å². The van der Waals surface area contributed by atoms with Gasteiger partial charge >= 0.3 is 0 Å². The highest BCUT2D eigenvalue weighted by molar-refractivity contribution is 5.81. The van der Waals surface area contributed by atoms with Crippen molar-refractivity contribution in [1.29, 1.82) is 0 Å². The van der Waals surface area contributed by atoms with Crippen molar-refractivity contribution < 1.29 is 9.47 Å². The molecule has 1 aromatic heterocycles. The van der Waals surface area contributed by atoms with Crippen LogP contribution in [0.3, 0.4) is 0 Å². The quantitative estimate of drug-likeness (QED) is 0.426. The van der Waals surface area contributed by atoms with Crippen LogP contribution < -0.4 is 20.5 Å².